The van der Waals surface area contributed by atoms with Gasteiger partial charge in [0.2, 0.25) is 0 Å². The summed E-state index contributed by atoms with van der Waals surface area (Å²) in [6, 6.07) is 10.7. The fourth-order valence-corrected chi connectivity index (χ4v) is 3.99. The van der Waals surface area contributed by atoms with Gasteiger partial charge in [-0.05, 0) is 23.8 Å². The van der Waals surface area contributed by atoms with E-state index in [2.05, 4.69) is 26.1 Å². The second-order valence-electron chi connectivity index (χ2n) is 6.58. The van der Waals surface area contributed by atoms with Crippen LogP contribution in [0.5, 0.6) is 0 Å². The highest BCUT2D eigenvalue weighted by Gasteiger charge is 2.17. The molecule has 4 rings (SSSR count). The lowest BCUT2D eigenvalue weighted by Gasteiger charge is -2.11. The first kappa shape index (κ1) is 18.8. The Morgan fingerprint density at radius 3 is 2.93 bits per heavy atom. The lowest BCUT2D eigenvalue weighted by Crippen LogP contribution is -2.10. The maximum Gasteiger partial charge on any atom is 0.178 e. The number of H-pyrrole nitrogens is 1. The molecule has 1 atom stereocenters. The summed E-state index contributed by atoms with van der Waals surface area (Å²) in [4.78, 5) is 12.1. The Morgan fingerprint density at radius 1 is 1.28 bits per heavy atom. The molecule has 0 saturated carbocycles. The van der Waals surface area contributed by atoms with E-state index >= 15 is 0 Å². The molecule has 0 saturated heterocycles. The molecule has 4 aromatic rings. The number of aromatic nitrogens is 5. The number of benzene rings is 1. The number of nitriles is 1. The van der Waals surface area contributed by atoms with Crippen molar-refractivity contribution in [1.82, 2.24) is 24.7 Å². The molecule has 0 bridgehead atoms. The summed E-state index contributed by atoms with van der Waals surface area (Å²) in [6.45, 7) is 1.89. The average Bonchev–Trinajstić information content (AvgIpc) is 3.40. The van der Waals surface area contributed by atoms with Gasteiger partial charge in [-0.1, -0.05) is 19.1 Å². The molecule has 0 aliphatic rings. The van der Waals surface area contributed by atoms with Gasteiger partial charge in [0.25, 0.3) is 0 Å². The smallest absolute Gasteiger partial charge is 0.178 e. The zero-order valence-electron chi connectivity index (χ0n) is 15.6. The van der Waals surface area contributed by atoms with Gasteiger partial charge in [-0.15, -0.1) is 0 Å². The van der Waals surface area contributed by atoms with Crippen LogP contribution < -0.4 is 0 Å². The number of hydrogen-bond acceptors (Lipinski definition) is 6. The number of aromatic amines is 1. The fraction of sp³-hybridized carbons (Fsp3) is 0.200. The Bertz CT molecular complexity index is 1320. The van der Waals surface area contributed by atoms with Gasteiger partial charge in [0.1, 0.15) is 5.65 Å². The number of rotatable bonds is 6. The van der Waals surface area contributed by atoms with Crippen LogP contribution in [-0.4, -0.2) is 38.9 Å². The predicted octanol–water partition coefficient (Wildman–Crippen LogP) is 2.92. The van der Waals surface area contributed by atoms with Crippen LogP contribution in [0.25, 0.3) is 22.4 Å². The topological polar surface area (TPSA) is 117 Å². The monoisotopic (exact) mass is 406 g/mol. The SMILES string of the molecule is CCS(=O)(=O)c1cccc([C@@H](C#N)Cn2cc(-c3ncc4cc[nH]c4n3)cn2)c1. The molecule has 0 aliphatic heterocycles. The summed E-state index contributed by atoms with van der Waals surface area (Å²) >= 11 is 0. The minimum Gasteiger partial charge on any atom is -0.346 e. The average molecular weight is 406 g/mol. The molecule has 0 spiro atoms. The Balaban J connectivity index is 1.59. The van der Waals surface area contributed by atoms with Crippen molar-refractivity contribution in [1.29, 1.82) is 5.26 Å². The van der Waals surface area contributed by atoms with E-state index in [0.717, 1.165) is 16.6 Å². The Morgan fingerprint density at radius 2 is 2.14 bits per heavy atom. The number of nitrogens with one attached hydrogen (secondary N) is 1. The molecule has 0 amide bonds. The fourth-order valence-electron chi connectivity index (χ4n) is 3.06. The van der Waals surface area contributed by atoms with Crippen molar-refractivity contribution in [3.8, 4) is 17.5 Å². The van der Waals surface area contributed by atoms with Gasteiger partial charge in [0.05, 0.1) is 40.9 Å². The molecular weight excluding hydrogens is 388 g/mol. The minimum atomic E-state index is -3.33. The third-order valence-corrected chi connectivity index (χ3v) is 6.45. The van der Waals surface area contributed by atoms with Gasteiger partial charge in [0.15, 0.2) is 15.7 Å². The third-order valence-electron chi connectivity index (χ3n) is 4.72. The Kier molecular flexibility index (Phi) is 4.86. The van der Waals surface area contributed by atoms with Crippen LogP contribution in [0.3, 0.4) is 0 Å². The molecule has 0 unspecified atom stereocenters. The molecule has 0 fully saturated rings. The Hall–Kier alpha value is -3.51. The normalized spacial score (nSPS) is 12.7. The summed E-state index contributed by atoms with van der Waals surface area (Å²) in [7, 11) is -3.33. The summed E-state index contributed by atoms with van der Waals surface area (Å²) in [5, 5.41) is 14.9. The van der Waals surface area contributed by atoms with Crippen LogP contribution in [0.4, 0.5) is 0 Å². The largest absolute Gasteiger partial charge is 0.346 e. The van der Waals surface area contributed by atoms with Crippen molar-refractivity contribution in [2.24, 2.45) is 0 Å². The van der Waals surface area contributed by atoms with E-state index in [9.17, 15) is 13.7 Å². The Labute approximate surface area is 167 Å². The zero-order chi connectivity index (χ0) is 20.4. The van der Waals surface area contributed by atoms with E-state index in [1.54, 1.807) is 60.7 Å². The van der Waals surface area contributed by atoms with Crippen molar-refractivity contribution in [2.75, 3.05) is 5.75 Å². The van der Waals surface area contributed by atoms with E-state index in [-0.39, 0.29) is 17.2 Å². The van der Waals surface area contributed by atoms with Crippen molar-refractivity contribution in [3.63, 3.8) is 0 Å². The summed E-state index contributed by atoms with van der Waals surface area (Å²) in [6.07, 6.45) is 6.97. The first-order valence-electron chi connectivity index (χ1n) is 9.05. The van der Waals surface area contributed by atoms with Crippen LogP contribution >= 0.6 is 0 Å². The second-order valence-corrected chi connectivity index (χ2v) is 8.86. The van der Waals surface area contributed by atoms with Gasteiger partial charge in [0, 0.05) is 24.0 Å². The molecule has 9 heteroatoms. The molecular formula is C20H18N6O2S. The molecule has 1 aromatic carbocycles. The van der Waals surface area contributed by atoms with E-state index in [1.807, 2.05) is 6.07 Å². The molecule has 29 heavy (non-hydrogen) atoms. The maximum atomic E-state index is 12.1. The molecule has 0 aliphatic carbocycles. The molecule has 146 valence electrons. The number of hydrogen-bond donors (Lipinski definition) is 1. The predicted molar refractivity (Wildman–Crippen MR) is 108 cm³/mol. The van der Waals surface area contributed by atoms with Crippen molar-refractivity contribution >= 4 is 20.9 Å². The van der Waals surface area contributed by atoms with E-state index < -0.39 is 15.8 Å². The van der Waals surface area contributed by atoms with Crippen LogP contribution in [0.1, 0.15) is 18.4 Å². The zero-order valence-corrected chi connectivity index (χ0v) is 16.5. The van der Waals surface area contributed by atoms with Crippen LogP contribution in [-0.2, 0) is 16.4 Å². The first-order chi connectivity index (χ1) is 14.0. The molecule has 8 nitrogen and oxygen atoms in total. The van der Waals surface area contributed by atoms with Crippen LogP contribution in [0, 0.1) is 11.3 Å². The highest BCUT2D eigenvalue weighted by Crippen LogP contribution is 2.23. The molecule has 3 aromatic heterocycles. The highest BCUT2D eigenvalue weighted by molar-refractivity contribution is 7.91. The lowest BCUT2D eigenvalue weighted by molar-refractivity contribution is 0.577. The van der Waals surface area contributed by atoms with Gasteiger partial charge in [-0.2, -0.15) is 10.4 Å². The number of fused-ring (bicyclic) bond motifs is 1. The van der Waals surface area contributed by atoms with Gasteiger partial charge in [-0.3, -0.25) is 4.68 Å². The van der Waals surface area contributed by atoms with Crippen molar-refractivity contribution < 1.29 is 8.42 Å². The quantitative estimate of drug-likeness (QED) is 0.526. The van der Waals surface area contributed by atoms with Gasteiger partial charge >= 0.3 is 0 Å². The van der Waals surface area contributed by atoms with Crippen LogP contribution in [0.15, 0.2) is 60.0 Å². The lowest BCUT2D eigenvalue weighted by atomic mass is 10.0. The third kappa shape index (κ3) is 3.75. The highest BCUT2D eigenvalue weighted by atomic mass is 32.2. The van der Waals surface area contributed by atoms with Crippen molar-refractivity contribution in [2.45, 2.75) is 24.3 Å². The molecule has 3 heterocycles. The number of sulfone groups is 1. The molecule has 0 radical (unpaired) electrons. The summed E-state index contributed by atoms with van der Waals surface area (Å²) in [5.74, 6) is 0.0127. The minimum absolute atomic E-state index is 0.0152. The van der Waals surface area contributed by atoms with Crippen molar-refractivity contribution in [3.05, 3.63) is 60.7 Å². The van der Waals surface area contributed by atoms with Crippen LogP contribution in [0.2, 0.25) is 0 Å². The summed E-state index contributed by atoms with van der Waals surface area (Å²) < 4.78 is 25.9. The summed E-state index contributed by atoms with van der Waals surface area (Å²) in [5.41, 5.74) is 2.12. The van der Waals surface area contributed by atoms with Gasteiger partial charge in [-0.25, -0.2) is 18.4 Å². The first-order valence-corrected chi connectivity index (χ1v) is 10.7. The van der Waals surface area contributed by atoms with E-state index in [1.165, 1.54) is 0 Å². The molecule has 1 N–H and O–H groups in total. The van der Waals surface area contributed by atoms with Gasteiger partial charge < -0.3 is 4.98 Å². The number of nitrogens with zero attached hydrogens (tertiary/aromatic N) is 5. The maximum absolute atomic E-state index is 12.1. The van der Waals surface area contributed by atoms with E-state index in [4.69, 9.17) is 0 Å². The van der Waals surface area contributed by atoms with E-state index in [0.29, 0.717) is 11.4 Å². The second kappa shape index (κ2) is 7.48. The standard InChI is InChI=1S/C20H18N6O2S/c1-2-29(27,28)18-5-3-4-14(8-18)16(9-21)12-26-13-17(11-24-26)20-23-10-15-6-7-22-19(15)25-20/h3-8,10-11,13,16H,2,12H2,1H3,(H,22,23,25)/t16-/m0/s1.